The maximum absolute atomic E-state index is 13.6. The molecule has 0 bridgehead atoms. The van der Waals surface area contributed by atoms with Crippen LogP contribution in [0.5, 0.6) is 11.5 Å². The van der Waals surface area contributed by atoms with Gasteiger partial charge in [0.1, 0.15) is 6.23 Å². The SMILES string of the molecule is CC(C)C(C)(C)[Si]C1CCN([C@H](c2cnc(NC(=O)C3(c4ccc5c(c4)OCO5)CC3)s2)c2ccccc2Cl)C1O. The van der Waals surface area contributed by atoms with Gasteiger partial charge in [0.15, 0.2) is 16.6 Å². The number of fused-ring (bicyclic) bond motifs is 1. The minimum Gasteiger partial charge on any atom is -0.454 e. The Morgan fingerprint density at radius 3 is 2.71 bits per heavy atom. The number of nitrogens with one attached hydrogen (secondary N) is 1. The van der Waals surface area contributed by atoms with E-state index in [-0.39, 0.29) is 29.3 Å². The van der Waals surface area contributed by atoms with Crippen LogP contribution in [0.25, 0.3) is 0 Å². The summed E-state index contributed by atoms with van der Waals surface area (Å²) < 4.78 is 11.0. The van der Waals surface area contributed by atoms with Crippen molar-refractivity contribution in [3.63, 3.8) is 0 Å². The topological polar surface area (TPSA) is 83.9 Å². The minimum atomic E-state index is -0.589. The van der Waals surface area contributed by atoms with Crippen molar-refractivity contribution in [2.24, 2.45) is 5.92 Å². The van der Waals surface area contributed by atoms with E-state index in [0.29, 0.717) is 37.1 Å². The van der Waals surface area contributed by atoms with Gasteiger partial charge in [0.25, 0.3) is 0 Å². The number of aliphatic hydroxyl groups excluding tert-OH is 1. The van der Waals surface area contributed by atoms with Crippen LogP contribution >= 0.6 is 22.9 Å². The molecule has 7 nitrogen and oxygen atoms in total. The summed E-state index contributed by atoms with van der Waals surface area (Å²) in [6.07, 6.45) is 3.70. The van der Waals surface area contributed by atoms with Crippen LogP contribution in [-0.4, -0.2) is 50.0 Å². The Morgan fingerprint density at radius 1 is 1.22 bits per heavy atom. The van der Waals surface area contributed by atoms with Gasteiger partial charge < -0.3 is 19.9 Å². The predicted octanol–water partition coefficient (Wildman–Crippen LogP) is 6.66. The van der Waals surface area contributed by atoms with Crippen LogP contribution in [0.4, 0.5) is 5.13 Å². The summed E-state index contributed by atoms with van der Waals surface area (Å²) in [6.45, 7) is 10.1. The number of carbonyl (C=O) groups is 1. The Kier molecular flexibility index (Phi) is 7.70. The molecule has 3 aromatic rings. The predicted molar refractivity (Wildman–Crippen MR) is 163 cm³/mol. The van der Waals surface area contributed by atoms with Crippen LogP contribution in [0.1, 0.15) is 69.0 Å². The molecule has 1 saturated heterocycles. The van der Waals surface area contributed by atoms with E-state index >= 15 is 0 Å². The number of aromatic nitrogens is 1. The highest BCUT2D eigenvalue weighted by Crippen LogP contribution is 2.52. The monoisotopic (exact) mass is 609 g/mol. The summed E-state index contributed by atoms with van der Waals surface area (Å²) in [4.78, 5) is 21.3. The molecule has 10 heteroatoms. The number of carbonyl (C=O) groups excluding carboxylic acids is 1. The number of halogens is 1. The van der Waals surface area contributed by atoms with E-state index < -0.39 is 11.6 Å². The van der Waals surface area contributed by atoms with E-state index in [1.807, 2.05) is 48.7 Å². The van der Waals surface area contributed by atoms with Crippen molar-refractivity contribution in [3.8, 4) is 11.5 Å². The molecule has 1 aromatic heterocycles. The van der Waals surface area contributed by atoms with Crippen molar-refractivity contribution in [1.82, 2.24) is 9.88 Å². The van der Waals surface area contributed by atoms with Gasteiger partial charge in [0.05, 0.1) is 21.0 Å². The molecule has 2 fully saturated rings. The van der Waals surface area contributed by atoms with Gasteiger partial charge in [-0.2, -0.15) is 0 Å². The summed E-state index contributed by atoms with van der Waals surface area (Å²) in [5, 5.41) is 16.1. The number of ether oxygens (including phenoxy) is 2. The van der Waals surface area contributed by atoms with Gasteiger partial charge in [0.2, 0.25) is 12.7 Å². The van der Waals surface area contributed by atoms with Gasteiger partial charge in [-0.05, 0) is 65.1 Å². The molecule has 1 amide bonds. The van der Waals surface area contributed by atoms with Crippen molar-refractivity contribution in [2.45, 2.75) is 75.2 Å². The smallest absolute Gasteiger partial charge is 0.236 e. The van der Waals surface area contributed by atoms with Gasteiger partial charge >= 0.3 is 0 Å². The van der Waals surface area contributed by atoms with Gasteiger partial charge in [-0.15, -0.1) is 0 Å². The fourth-order valence-electron chi connectivity index (χ4n) is 5.72. The van der Waals surface area contributed by atoms with Crippen LogP contribution in [0.2, 0.25) is 15.6 Å². The maximum Gasteiger partial charge on any atom is 0.236 e. The second-order valence-electron chi connectivity index (χ2n) is 12.2. The van der Waals surface area contributed by atoms with Gasteiger partial charge in [0, 0.05) is 22.6 Å². The number of nitrogens with zero attached hydrogens (tertiary/aromatic N) is 2. The van der Waals surface area contributed by atoms with Crippen LogP contribution < -0.4 is 14.8 Å². The number of rotatable bonds is 9. The van der Waals surface area contributed by atoms with Crippen molar-refractivity contribution in [3.05, 3.63) is 69.7 Å². The first-order chi connectivity index (χ1) is 19.6. The van der Waals surface area contributed by atoms with E-state index in [9.17, 15) is 9.90 Å². The molecule has 1 saturated carbocycles. The fraction of sp³-hybridized carbons (Fsp3) is 0.484. The zero-order valence-corrected chi connectivity index (χ0v) is 26.4. The van der Waals surface area contributed by atoms with Crippen molar-refractivity contribution in [2.75, 3.05) is 18.7 Å². The normalized spacial score (nSPS) is 22.2. The molecule has 216 valence electrons. The highest BCUT2D eigenvalue weighted by molar-refractivity contribution is 7.15. The largest absolute Gasteiger partial charge is 0.454 e. The number of hydrogen-bond acceptors (Lipinski definition) is 7. The Morgan fingerprint density at radius 2 is 1.98 bits per heavy atom. The minimum absolute atomic E-state index is 0.0649. The standard InChI is InChI=1S/C31H36ClN3O4SSi/c1-18(2)30(3,4)41-25-11-14-35(27(25)36)26(20-7-5-6-8-21(20)32)24-16-33-29(40-24)34-28(37)31(12-13-31)19-9-10-22-23(15-19)39-17-38-22/h5-10,15-16,18,25-27,36H,11-14,17H2,1-4H3,(H,33,34,37)/t25?,26-,27?/m0/s1. The lowest BCUT2D eigenvalue weighted by Gasteiger charge is -2.35. The third-order valence-corrected chi connectivity index (χ3v) is 12.6. The second-order valence-corrected chi connectivity index (χ2v) is 16.0. The molecule has 3 atom stereocenters. The zero-order valence-electron chi connectivity index (χ0n) is 23.8. The van der Waals surface area contributed by atoms with Crippen LogP contribution in [0.3, 0.4) is 0 Å². The molecule has 2 aliphatic heterocycles. The van der Waals surface area contributed by atoms with Crippen molar-refractivity contribution < 1.29 is 19.4 Å². The zero-order chi connectivity index (χ0) is 28.9. The fourth-order valence-corrected chi connectivity index (χ4v) is 8.81. The Balaban J connectivity index is 1.24. The lowest BCUT2D eigenvalue weighted by molar-refractivity contribution is -0.118. The van der Waals surface area contributed by atoms with E-state index in [0.717, 1.165) is 41.8 Å². The third-order valence-electron chi connectivity index (χ3n) is 9.05. The first-order valence-corrected chi connectivity index (χ1v) is 16.5. The van der Waals surface area contributed by atoms with Gasteiger partial charge in [-0.1, -0.05) is 74.9 Å². The lowest BCUT2D eigenvalue weighted by atomic mass is 9.94. The highest BCUT2D eigenvalue weighted by Gasteiger charge is 2.52. The number of aliphatic hydroxyl groups is 1. The molecule has 2 unspecified atom stereocenters. The molecule has 41 heavy (non-hydrogen) atoms. The second kappa shape index (κ2) is 11.0. The van der Waals surface area contributed by atoms with Gasteiger partial charge in [-0.3, -0.25) is 9.69 Å². The molecule has 3 aliphatic rings. The maximum atomic E-state index is 13.6. The quantitative estimate of drug-likeness (QED) is 0.264. The molecule has 1 aliphatic carbocycles. The van der Waals surface area contributed by atoms with Gasteiger partial charge in [-0.25, -0.2) is 4.98 Å². The van der Waals surface area contributed by atoms with Crippen LogP contribution in [0, 0.1) is 5.92 Å². The average molecular weight is 610 g/mol. The molecular weight excluding hydrogens is 574 g/mol. The average Bonchev–Trinajstić information content (AvgIpc) is 3.22. The number of thiazole rings is 1. The van der Waals surface area contributed by atoms with E-state index in [1.54, 1.807) is 0 Å². The Bertz CT molecular complexity index is 1440. The summed E-state index contributed by atoms with van der Waals surface area (Å²) in [5.74, 6) is 1.85. The molecule has 2 radical (unpaired) electrons. The molecular formula is C31H36ClN3O4SSi. The Labute approximate surface area is 253 Å². The number of amides is 1. The summed E-state index contributed by atoms with van der Waals surface area (Å²) in [7, 11) is 0.644. The number of likely N-dealkylation sites (tertiary alicyclic amines) is 1. The Hall–Kier alpha value is -2.43. The van der Waals surface area contributed by atoms with E-state index in [1.165, 1.54) is 11.3 Å². The van der Waals surface area contributed by atoms with E-state index in [2.05, 4.69) is 42.9 Å². The van der Waals surface area contributed by atoms with Crippen LogP contribution in [-0.2, 0) is 10.2 Å². The van der Waals surface area contributed by atoms with E-state index in [4.69, 9.17) is 21.1 Å². The first-order valence-electron chi connectivity index (χ1n) is 14.2. The summed E-state index contributed by atoms with van der Waals surface area (Å²) in [6, 6.07) is 13.3. The summed E-state index contributed by atoms with van der Waals surface area (Å²) >= 11 is 8.18. The first kappa shape index (κ1) is 28.7. The third kappa shape index (κ3) is 5.43. The molecule has 3 heterocycles. The van der Waals surface area contributed by atoms with Crippen molar-refractivity contribution >= 4 is 43.5 Å². The highest BCUT2D eigenvalue weighted by atomic mass is 35.5. The lowest BCUT2D eigenvalue weighted by Crippen LogP contribution is -2.37. The molecule has 2 aromatic carbocycles. The summed E-state index contributed by atoms with van der Waals surface area (Å²) in [5.41, 5.74) is 1.47. The molecule has 2 N–H and O–H groups in total. The van der Waals surface area contributed by atoms with Crippen LogP contribution in [0.15, 0.2) is 48.7 Å². The molecule has 0 spiro atoms. The molecule has 6 rings (SSSR count). The number of benzene rings is 2. The number of anilines is 1. The number of hydrogen-bond donors (Lipinski definition) is 2. The van der Waals surface area contributed by atoms with Crippen molar-refractivity contribution in [1.29, 1.82) is 0 Å².